The Morgan fingerprint density at radius 3 is 2.74 bits per heavy atom. The number of rotatable bonds is 3. The van der Waals surface area contributed by atoms with E-state index in [0.29, 0.717) is 22.9 Å². The molecule has 1 N–H and O–H groups in total. The van der Waals surface area contributed by atoms with E-state index in [1.165, 1.54) is 0 Å². The standard InChI is InChI=1S/C14H19ClN2O2/c1-10-7-17(8-11(2)16-10)14(18)9-19-13-5-3-4-12(15)6-13/h3-6,10-11,16H,7-9H2,1-2H3. The van der Waals surface area contributed by atoms with Gasteiger partial charge in [-0.15, -0.1) is 0 Å². The second kappa shape index (κ2) is 6.26. The molecule has 1 fully saturated rings. The van der Waals surface area contributed by atoms with Crippen molar-refractivity contribution in [3.05, 3.63) is 29.3 Å². The lowest BCUT2D eigenvalue weighted by molar-refractivity contribution is -0.135. The largest absolute Gasteiger partial charge is 0.484 e. The molecule has 2 unspecified atom stereocenters. The fourth-order valence-corrected chi connectivity index (χ4v) is 2.50. The van der Waals surface area contributed by atoms with Crippen molar-refractivity contribution in [2.45, 2.75) is 25.9 Å². The molecule has 2 rings (SSSR count). The SMILES string of the molecule is CC1CN(C(=O)COc2cccc(Cl)c2)CC(C)N1. The summed E-state index contributed by atoms with van der Waals surface area (Å²) in [4.78, 5) is 13.9. The lowest BCUT2D eigenvalue weighted by Gasteiger charge is -2.36. The molecule has 0 aromatic heterocycles. The van der Waals surface area contributed by atoms with Gasteiger partial charge in [0, 0.05) is 30.2 Å². The maximum absolute atomic E-state index is 12.1. The molecular formula is C14H19ClN2O2. The normalized spacial score (nSPS) is 23.2. The van der Waals surface area contributed by atoms with Crippen LogP contribution >= 0.6 is 11.6 Å². The average Bonchev–Trinajstić information content (AvgIpc) is 2.35. The Bertz CT molecular complexity index is 443. The quantitative estimate of drug-likeness (QED) is 0.921. The second-order valence-corrected chi connectivity index (χ2v) is 5.45. The van der Waals surface area contributed by atoms with Crippen molar-refractivity contribution >= 4 is 17.5 Å². The number of hydrogen-bond donors (Lipinski definition) is 1. The van der Waals surface area contributed by atoms with Crippen LogP contribution in [0.3, 0.4) is 0 Å². The Balaban J connectivity index is 1.87. The molecule has 1 heterocycles. The van der Waals surface area contributed by atoms with Gasteiger partial charge in [0.15, 0.2) is 6.61 Å². The maximum Gasteiger partial charge on any atom is 0.260 e. The van der Waals surface area contributed by atoms with E-state index in [1.807, 2.05) is 4.90 Å². The average molecular weight is 283 g/mol. The van der Waals surface area contributed by atoms with E-state index in [4.69, 9.17) is 16.3 Å². The molecule has 1 aromatic rings. The molecule has 19 heavy (non-hydrogen) atoms. The number of nitrogens with zero attached hydrogens (tertiary/aromatic N) is 1. The summed E-state index contributed by atoms with van der Waals surface area (Å²) in [7, 11) is 0. The van der Waals surface area contributed by atoms with Crippen LogP contribution < -0.4 is 10.1 Å². The van der Waals surface area contributed by atoms with E-state index in [-0.39, 0.29) is 12.5 Å². The number of benzene rings is 1. The predicted octanol–water partition coefficient (Wildman–Crippen LogP) is 1.93. The van der Waals surface area contributed by atoms with Crippen LogP contribution in [-0.2, 0) is 4.79 Å². The molecular weight excluding hydrogens is 264 g/mol. The van der Waals surface area contributed by atoms with Crippen molar-refractivity contribution in [2.24, 2.45) is 0 Å². The lowest BCUT2D eigenvalue weighted by atomic mass is 10.1. The first-order valence-electron chi connectivity index (χ1n) is 6.47. The minimum atomic E-state index is 0.0141. The minimum Gasteiger partial charge on any atom is -0.484 e. The van der Waals surface area contributed by atoms with Crippen LogP contribution in [0.15, 0.2) is 24.3 Å². The van der Waals surface area contributed by atoms with Gasteiger partial charge in [-0.05, 0) is 32.0 Å². The third-order valence-electron chi connectivity index (χ3n) is 3.07. The van der Waals surface area contributed by atoms with E-state index in [9.17, 15) is 4.79 Å². The molecule has 1 aromatic carbocycles. The van der Waals surface area contributed by atoms with Gasteiger partial charge in [0.2, 0.25) is 0 Å². The fraction of sp³-hybridized carbons (Fsp3) is 0.500. The van der Waals surface area contributed by atoms with Gasteiger partial charge >= 0.3 is 0 Å². The predicted molar refractivity (Wildman–Crippen MR) is 75.6 cm³/mol. The highest BCUT2D eigenvalue weighted by Gasteiger charge is 2.24. The smallest absolute Gasteiger partial charge is 0.260 e. The lowest BCUT2D eigenvalue weighted by Crippen LogP contribution is -2.56. The number of halogens is 1. The molecule has 0 spiro atoms. The van der Waals surface area contributed by atoms with Crippen LogP contribution in [0.2, 0.25) is 5.02 Å². The molecule has 5 heteroatoms. The topological polar surface area (TPSA) is 41.6 Å². The highest BCUT2D eigenvalue weighted by atomic mass is 35.5. The number of amides is 1. The van der Waals surface area contributed by atoms with Gasteiger partial charge in [0.1, 0.15) is 5.75 Å². The summed E-state index contributed by atoms with van der Waals surface area (Å²) in [5.74, 6) is 0.636. The molecule has 2 atom stereocenters. The van der Waals surface area contributed by atoms with E-state index < -0.39 is 0 Å². The van der Waals surface area contributed by atoms with Gasteiger partial charge in [-0.2, -0.15) is 0 Å². The summed E-state index contributed by atoms with van der Waals surface area (Å²) >= 11 is 5.86. The molecule has 4 nitrogen and oxygen atoms in total. The summed E-state index contributed by atoms with van der Waals surface area (Å²) in [6, 6.07) is 7.71. The Morgan fingerprint density at radius 1 is 1.42 bits per heavy atom. The molecule has 0 aliphatic carbocycles. The van der Waals surface area contributed by atoms with Gasteiger partial charge in [-0.25, -0.2) is 0 Å². The van der Waals surface area contributed by atoms with Crippen molar-refractivity contribution < 1.29 is 9.53 Å². The van der Waals surface area contributed by atoms with E-state index in [1.54, 1.807) is 24.3 Å². The molecule has 1 aliphatic heterocycles. The molecule has 0 radical (unpaired) electrons. The molecule has 1 amide bonds. The molecule has 104 valence electrons. The Labute approximate surface area is 118 Å². The number of carbonyl (C=O) groups is 1. The van der Waals surface area contributed by atoms with Gasteiger partial charge in [0.25, 0.3) is 5.91 Å². The van der Waals surface area contributed by atoms with Crippen LogP contribution in [0.25, 0.3) is 0 Å². The van der Waals surface area contributed by atoms with Crippen molar-refractivity contribution in [1.29, 1.82) is 0 Å². The van der Waals surface area contributed by atoms with E-state index in [0.717, 1.165) is 13.1 Å². The minimum absolute atomic E-state index is 0.0141. The maximum atomic E-state index is 12.1. The number of piperazine rings is 1. The molecule has 1 saturated heterocycles. The highest BCUT2D eigenvalue weighted by Crippen LogP contribution is 2.17. The number of carbonyl (C=O) groups excluding carboxylic acids is 1. The third-order valence-corrected chi connectivity index (χ3v) is 3.30. The Hall–Kier alpha value is -1.26. The summed E-state index contributed by atoms with van der Waals surface area (Å²) < 4.78 is 5.48. The first-order valence-corrected chi connectivity index (χ1v) is 6.84. The third kappa shape index (κ3) is 4.11. The van der Waals surface area contributed by atoms with Gasteiger partial charge in [-0.3, -0.25) is 4.79 Å². The zero-order valence-electron chi connectivity index (χ0n) is 11.2. The zero-order valence-corrected chi connectivity index (χ0v) is 12.0. The molecule has 0 saturated carbocycles. The fourth-order valence-electron chi connectivity index (χ4n) is 2.32. The first kappa shape index (κ1) is 14.2. The van der Waals surface area contributed by atoms with Gasteiger partial charge < -0.3 is 15.0 Å². The Morgan fingerprint density at radius 2 is 2.11 bits per heavy atom. The molecule has 1 aliphatic rings. The van der Waals surface area contributed by atoms with E-state index >= 15 is 0 Å². The highest BCUT2D eigenvalue weighted by molar-refractivity contribution is 6.30. The van der Waals surface area contributed by atoms with Gasteiger partial charge in [-0.1, -0.05) is 17.7 Å². The zero-order chi connectivity index (χ0) is 13.8. The number of ether oxygens (including phenoxy) is 1. The van der Waals surface area contributed by atoms with Crippen molar-refractivity contribution in [3.63, 3.8) is 0 Å². The number of nitrogens with one attached hydrogen (secondary N) is 1. The summed E-state index contributed by atoms with van der Waals surface area (Å²) in [6.07, 6.45) is 0. The molecule has 0 bridgehead atoms. The van der Waals surface area contributed by atoms with Crippen molar-refractivity contribution in [1.82, 2.24) is 10.2 Å². The summed E-state index contributed by atoms with van der Waals surface area (Å²) in [5, 5.41) is 4.00. The van der Waals surface area contributed by atoms with Crippen molar-refractivity contribution in [3.8, 4) is 5.75 Å². The van der Waals surface area contributed by atoms with Crippen LogP contribution in [0.5, 0.6) is 5.75 Å². The summed E-state index contributed by atoms with van der Waals surface area (Å²) in [6.45, 7) is 5.66. The first-order chi connectivity index (χ1) is 9.04. The van der Waals surface area contributed by atoms with Crippen LogP contribution in [-0.4, -0.2) is 42.6 Å². The van der Waals surface area contributed by atoms with Crippen LogP contribution in [0.1, 0.15) is 13.8 Å². The van der Waals surface area contributed by atoms with Gasteiger partial charge in [0.05, 0.1) is 0 Å². The summed E-state index contributed by atoms with van der Waals surface area (Å²) in [5.41, 5.74) is 0. The number of hydrogen-bond acceptors (Lipinski definition) is 3. The monoisotopic (exact) mass is 282 g/mol. The van der Waals surface area contributed by atoms with Crippen LogP contribution in [0, 0.1) is 0 Å². The van der Waals surface area contributed by atoms with Crippen molar-refractivity contribution in [2.75, 3.05) is 19.7 Å². The van der Waals surface area contributed by atoms with Crippen LogP contribution in [0.4, 0.5) is 0 Å². The van der Waals surface area contributed by atoms with E-state index in [2.05, 4.69) is 19.2 Å². The second-order valence-electron chi connectivity index (χ2n) is 5.01. The Kier molecular flexibility index (Phi) is 4.66.